The van der Waals surface area contributed by atoms with Gasteiger partial charge in [0.25, 0.3) is 0 Å². The normalized spacial score (nSPS) is 22.4. The molecule has 1 aliphatic heterocycles. The van der Waals surface area contributed by atoms with Crippen LogP contribution in [-0.2, 0) is 9.59 Å². The van der Waals surface area contributed by atoms with Gasteiger partial charge in [0.05, 0.1) is 6.54 Å². The molecule has 0 spiro atoms. The Labute approximate surface area is 71.9 Å². The Bertz CT molecular complexity index is 182. The fourth-order valence-corrected chi connectivity index (χ4v) is 1.53. The zero-order valence-corrected chi connectivity index (χ0v) is 7.25. The summed E-state index contributed by atoms with van der Waals surface area (Å²) in [6.45, 7) is 3.00. The van der Waals surface area contributed by atoms with Crippen LogP contribution < -0.4 is 5.32 Å². The number of rotatable bonds is 3. The lowest BCUT2D eigenvalue weighted by Crippen LogP contribution is -2.39. The fourth-order valence-electron chi connectivity index (χ4n) is 1.53. The smallest absolute Gasteiger partial charge is 0.242 e. The van der Waals surface area contributed by atoms with Crippen LogP contribution in [0.3, 0.4) is 0 Å². The van der Waals surface area contributed by atoms with Crippen LogP contribution in [0.2, 0.25) is 0 Å². The largest absolute Gasteiger partial charge is 0.350 e. The number of nitrogens with one attached hydrogen (secondary N) is 1. The molecule has 1 N–H and O–H groups in total. The van der Waals surface area contributed by atoms with E-state index in [2.05, 4.69) is 5.32 Å². The molecule has 4 heteroatoms. The van der Waals surface area contributed by atoms with Crippen molar-refractivity contribution in [1.82, 2.24) is 10.2 Å². The van der Waals surface area contributed by atoms with Crippen molar-refractivity contribution in [3.63, 3.8) is 0 Å². The van der Waals surface area contributed by atoms with Gasteiger partial charge in [-0.05, 0) is 19.8 Å². The van der Waals surface area contributed by atoms with E-state index in [4.69, 9.17) is 0 Å². The van der Waals surface area contributed by atoms with Gasteiger partial charge < -0.3 is 10.2 Å². The molecule has 0 aromatic carbocycles. The van der Waals surface area contributed by atoms with Crippen LogP contribution in [0.15, 0.2) is 0 Å². The summed E-state index contributed by atoms with van der Waals surface area (Å²) >= 11 is 0. The van der Waals surface area contributed by atoms with Gasteiger partial charge in [-0.3, -0.25) is 9.59 Å². The highest BCUT2D eigenvalue weighted by molar-refractivity contribution is 5.80. The van der Waals surface area contributed by atoms with E-state index in [0.29, 0.717) is 12.5 Å². The standard InChI is InChI=1S/C8H14N2O2/c1-7-3-2-4-10(7)8(12)5-9-6-11/h6-7H,2-5H2,1H3,(H,9,11). The molecule has 1 atom stereocenters. The SMILES string of the molecule is CC1CCCN1C(=O)CNC=O. The van der Waals surface area contributed by atoms with E-state index in [-0.39, 0.29) is 12.5 Å². The molecule has 12 heavy (non-hydrogen) atoms. The van der Waals surface area contributed by atoms with E-state index >= 15 is 0 Å². The number of carbonyl (C=O) groups is 2. The molecule has 0 aliphatic carbocycles. The van der Waals surface area contributed by atoms with E-state index in [9.17, 15) is 9.59 Å². The lowest BCUT2D eigenvalue weighted by Gasteiger charge is -2.20. The minimum absolute atomic E-state index is 0.0205. The molecule has 1 unspecified atom stereocenters. The Balaban J connectivity index is 2.35. The van der Waals surface area contributed by atoms with Crippen LogP contribution in [0.1, 0.15) is 19.8 Å². The summed E-state index contributed by atoms with van der Waals surface area (Å²) in [5.74, 6) is 0.0205. The van der Waals surface area contributed by atoms with Gasteiger partial charge in [-0.15, -0.1) is 0 Å². The number of hydrogen-bond acceptors (Lipinski definition) is 2. The molecule has 2 amide bonds. The Morgan fingerprint density at radius 1 is 1.75 bits per heavy atom. The van der Waals surface area contributed by atoms with Crippen molar-refractivity contribution in [2.45, 2.75) is 25.8 Å². The van der Waals surface area contributed by atoms with Crippen LogP contribution in [-0.4, -0.2) is 36.3 Å². The van der Waals surface area contributed by atoms with Gasteiger partial charge in [-0.25, -0.2) is 0 Å². The molecule has 1 saturated heterocycles. The molecule has 1 fully saturated rings. The molecule has 68 valence electrons. The van der Waals surface area contributed by atoms with Gasteiger partial charge in [0, 0.05) is 12.6 Å². The second kappa shape index (κ2) is 4.09. The summed E-state index contributed by atoms with van der Waals surface area (Å²) in [5, 5.41) is 2.37. The van der Waals surface area contributed by atoms with Crippen molar-refractivity contribution >= 4 is 12.3 Å². The van der Waals surface area contributed by atoms with Gasteiger partial charge in [-0.1, -0.05) is 0 Å². The second-order valence-corrected chi connectivity index (χ2v) is 3.08. The van der Waals surface area contributed by atoms with Crippen molar-refractivity contribution in [3.8, 4) is 0 Å². The van der Waals surface area contributed by atoms with E-state index in [1.165, 1.54) is 0 Å². The van der Waals surface area contributed by atoms with Crippen LogP contribution in [0.25, 0.3) is 0 Å². The van der Waals surface area contributed by atoms with Gasteiger partial charge in [0.15, 0.2) is 0 Å². The van der Waals surface area contributed by atoms with Crippen molar-refractivity contribution in [2.24, 2.45) is 0 Å². The maximum Gasteiger partial charge on any atom is 0.242 e. The second-order valence-electron chi connectivity index (χ2n) is 3.08. The first-order valence-corrected chi connectivity index (χ1v) is 4.22. The highest BCUT2D eigenvalue weighted by Gasteiger charge is 2.24. The van der Waals surface area contributed by atoms with Crippen LogP contribution >= 0.6 is 0 Å². The average Bonchev–Trinajstić information content (AvgIpc) is 2.47. The van der Waals surface area contributed by atoms with Crippen molar-refractivity contribution in [3.05, 3.63) is 0 Å². The Kier molecular flexibility index (Phi) is 3.08. The van der Waals surface area contributed by atoms with Gasteiger partial charge in [0.1, 0.15) is 0 Å². The van der Waals surface area contributed by atoms with Gasteiger partial charge in [-0.2, -0.15) is 0 Å². The zero-order chi connectivity index (χ0) is 8.97. The van der Waals surface area contributed by atoms with E-state index in [1.807, 2.05) is 11.8 Å². The van der Waals surface area contributed by atoms with Crippen molar-refractivity contribution < 1.29 is 9.59 Å². The molecule has 0 bridgehead atoms. The molecule has 1 heterocycles. The molecular formula is C8H14N2O2. The summed E-state index contributed by atoms with van der Waals surface area (Å²) in [7, 11) is 0. The first-order valence-electron chi connectivity index (χ1n) is 4.22. The molecule has 0 aromatic rings. The quantitative estimate of drug-likeness (QED) is 0.593. The third-order valence-electron chi connectivity index (χ3n) is 2.21. The number of hydrogen-bond donors (Lipinski definition) is 1. The predicted molar refractivity (Wildman–Crippen MR) is 44.5 cm³/mol. The fraction of sp³-hybridized carbons (Fsp3) is 0.750. The number of likely N-dealkylation sites (tertiary alicyclic amines) is 1. The maximum atomic E-state index is 11.3. The van der Waals surface area contributed by atoms with Crippen LogP contribution in [0, 0.1) is 0 Å². The molecular weight excluding hydrogens is 156 g/mol. The number of amides is 2. The van der Waals surface area contributed by atoms with Gasteiger partial charge in [0.2, 0.25) is 12.3 Å². The summed E-state index contributed by atoms with van der Waals surface area (Å²) in [6.07, 6.45) is 2.71. The van der Waals surface area contributed by atoms with E-state index in [1.54, 1.807) is 0 Å². The Hall–Kier alpha value is -1.06. The molecule has 4 nitrogen and oxygen atoms in total. The van der Waals surface area contributed by atoms with Crippen molar-refractivity contribution in [2.75, 3.05) is 13.1 Å². The number of nitrogens with zero attached hydrogens (tertiary/aromatic N) is 1. The molecule has 0 saturated carbocycles. The summed E-state index contributed by atoms with van der Waals surface area (Å²) in [6, 6.07) is 0.339. The molecule has 0 radical (unpaired) electrons. The first-order chi connectivity index (χ1) is 5.75. The summed E-state index contributed by atoms with van der Waals surface area (Å²) in [4.78, 5) is 23.1. The third-order valence-corrected chi connectivity index (χ3v) is 2.21. The monoisotopic (exact) mass is 170 g/mol. The molecule has 0 aromatic heterocycles. The third kappa shape index (κ3) is 1.96. The highest BCUT2D eigenvalue weighted by Crippen LogP contribution is 2.15. The lowest BCUT2D eigenvalue weighted by molar-refractivity contribution is -0.131. The molecule has 1 aliphatic rings. The van der Waals surface area contributed by atoms with Gasteiger partial charge >= 0.3 is 0 Å². The maximum absolute atomic E-state index is 11.3. The van der Waals surface area contributed by atoms with Crippen LogP contribution in [0.4, 0.5) is 0 Å². The lowest BCUT2D eigenvalue weighted by atomic mass is 10.2. The Morgan fingerprint density at radius 2 is 2.50 bits per heavy atom. The topological polar surface area (TPSA) is 49.4 Å². The first kappa shape index (κ1) is 9.03. The predicted octanol–water partition coefficient (Wildman–Crippen LogP) is -0.257. The minimum atomic E-state index is 0.0205. The van der Waals surface area contributed by atoms with E-state index in [0.717, 1.165) is 19.4 Å². The molecule has 1 rings (SSSR count). The summed E-state index contributed by atoms with van der Waals surface area (Å²) in [5.41, 5.74) is 0. The minimum Gasteiger partial charge on any atom is -0.350 e. The van der Waals surface area contributed by atoms with Crippen molar-refractivity contribution in [1.29, 1.82) is 0 Å². The zero-order valence-electron chi connectivity index (χ0n) is 7.25. The average molecular weight is 170 g/mol. The van der Waals surface area contributed by atoms with Crippen LogP contribution in [0.5, 0.6) is 0 Å². The van der Waals surface area contributed by atoms with E-state index < -0.39 is 0 Å². The number of carbonyl (C=O) groups excluding carboxylic acids is 2. The summed E-state index contributed by atoms with van der Waals surface area (Å²) < 4.78 is 0. The Morgan fingerprint density at radius 3 is 3.00 bits per heavy atom. The highest BCUT2D eigenvalue weighted by atomic mass is 16.2.